The molecule has 364 valence electrons. The molecule has 64 heavy (non-hydrogen) atoms. The lowest BCUT2D eigenvalue weighted by molar-refractivity contribution is -0.167. The van der Waals surface area contributed by atoms with Gasteiger partial charge in [-0.25, -0.2) is 0 Å². The van der Waals surface area contributed by atoms with Gasteiger partial charge < -0.3 is 14.2 Å². The summed E-state index contributed by atoms with van der Waals surface area (Å²) in [5.74, 6) is -1.02. The van der Waals surface area contributed by atoms with Crippen LogP contribution in [0.15, 0.2) is 97.2 Å². The summed E-state index contributed by atoms with van der Waals surface area (Å²) in [4.78, 5) is 37.9. The molecule has 0 aromatic rings. The lowest BCUT2D eigenvalue weighted by Crippen LogP contribution is -2.30. The molecule has 0 aromatic heterocycles. The molecule has 0 heterocycles. The van der Waals surface area contributed by atoms with Crippen molar-refractivity contribution in [3.63, 3.8) is 0 Å². The minimum atomic E-state index is -0.823. The Morgan fingerprint density at radius 3 is 1.12 bits per heavy atom. The molecule has 6 heteroatoms. The van der Waals surface area contributed by atoms with Gasteiger partial charge in [0.15, 0.2) is 6.10 Å². The number of rotatable bonds is 46. The van der Waals surface area contributed by atoms with Crippen molar-refractivity contribution in [2.24, 2.45) is 0 Å². The number of ether oxygens (including phenoxy) is 3. The van der Waals surface area contributed by atoms with Gasteiger partial charge in [0.1, 0.15) is 13.2 Å². The van der Waals surface area contributed by atoms with E-state index in [1.165, 1.54) is 89.9 Å². The van der Waals surface area contributed by atoms with Crippen LogP contribution in [-0.4, -0.2) is 37.2 Å². The lowest BCUT2D eigenvalue weighted by Gasteiger charge is -2.18. The van der Waals surface area contributed by atoms with Crippen molar-refractivity contribution in [2.45, 2.75) is 239 Å². The smallest absolute Gasteiger partial charge is 0.306 e. The van der Waals surface area contributed by atoms with E-state index in [0.29, 0.717) is 19.3 Å². The van der Waals surface area contributed by atoms with Gasteiger partial charge in [-0.2, -0.15) is 0 Å². The SMILES string of the molecule is CCCC/C=C\C=C/CCCCCC(=O)OCC(COC(=O)CCCCCCC\C=C/C=C\C=C/CCCCCCC)OC(=O)CCC/C=C\C/C=C\C/C=C\CCCCCCCC. The van der Waals surface area contributed by atoms with Crippen LogP contribution in [0.1, 0.15) is 233 Å². The number of carbonyl (C=O) groups is 3. The molecule has 1 atom stereocenters. The Balaban J connectivity index is 4.52. The van der Waals surface area contributed by atoms with Crippen LogP contribution in [0.5, 0.6) is 0 Å². The first kappa shape index (κ1) is 60.3. The molecule has 0 aliphatic heterocycles. The van der Waals surface area contributed by atoms with Gasteiger partial charge in [0.25, 0.3) is 0 Å². The topological polar surface area (TPSA) is 78.9 Å². The van der Waals surface area contributed by atoms with Crippen molar-refractivity contribution < 1.29 is 28.6 Å². The van der Waals surface area contributed by atoms with E-state index in [2.05, 4.69) is 118 Å². The summed E-state index contributed by atoms with van der Waals surface area (Å²) < 4.78 is 16.7. The summed E-state index contributed by atoms with van der Waals surface area (Å²) in [6.45, 7) is 6.47. The molecule has 0 aliphatic rings. The maximum absolute atomic E-state index is 12.8. The molecule has 0 N–H and O–H groups in total. The van der Waals surface area contributed by atoms with Crippen LogP contribution in [0.2, 0.25) is 0 Å². The summed E-state index contributed by atoms with van der Waals surface area (Å²) >= 11 is 0. The third-order valence-corrected chi connectivity index (χ3v) is 10.9. The van der Waals surface area contributed by atoms with Crippen molar-refractivity contribution in [3.05, 3.63) is 97.2 Å². The van der Waals surface area contributed by atoms with Crippen LogP contribution in [-0.2, 0) is 28.6 Å². The van der Waals surface area contributed by atoms with Crippen molar-refractivity contribution in [3.8, 4) is 0 Å². The Hall–Kier alpha value is -3.67. The zero-order valence-corrected chi connectivity index (χ0v) is 41.5. The minimum Gasteiger partial charge on any atom is -0.462 e. The van der Waals surface area contributed by atoms with Crippen molar-refractivity contribution in [2.75, 3.05) is 13.2 Å². The maximum Gasteiger partial charge on any atom is 0.306 e. The highest BCUT2D eigenvalue weighted by atomic mass is 16.6. The minimum absolute atomic E-state index is 0.118. The first-order valence-corrected chi connectivity index (χ1v) is 26.3. The van der Waals surface area contributed by atoms with E-state index in [0.717, 1.165) is 96.3 Å². The molecule has 6 nitrogen and oxygen atoms in total. The summed E-state index contributed by atoms with van der Waals surface area (Å²) in [6.07, 6.45) is 68.3. The van der Waals surface area contributed by atoms with E-state index in [-0.39, 0.29) is 37.5 Å². The molecule has 0 radical (unpaired) electrons. The van der Waals surface area contributed by atoms with Crippen LogP contribution in [0.3, 0.4) is 0 Å². The predicted octanol–water partition coefficient (Wildman–Crippen LogP) is 17.4. The number of carbonyl (C=O) groups excluding carboxylic acids is 3. The molecular formula is C58H96O6. The zero-order chi connectivity index (χ0) is 46.5. The fraction of sp³-hybridized carbons (Fsp3) is 0.672. The molecule has 0 aromatic carbocycles. The van der Waals surface area contributed by atoms with Gasteiger partial charge >= 0.3 is 17.9 Å². The number of hydrogen-bond donors (Lipinski definition) is 0. The second-order valence-electron chi connectivity index (χ2n) is 17.2. The highest BCUT2D eigenvalue weighted by Crippen LogP contribution is 2.12. The Kier molecular flexibility index (Phi) is 49.0. The number of hydrogen-bond acceptors (Lipinski definition) is 6. The molecule has 0 saturated carbocycles. The Bertz CT molecular complexity index is 1300. The van der Waals surface area contributed by atoms with E-state index in [1.54, 1.807) is 0 Å². The molecule has 0 spiro atoms. The highest BCUT2D eigenvalue weighted by Gasteiger charge is 2.19. The van der Waals surface area contributed by atoms with E-state index < -0.39 is 6.10 Å². The molecule has 1 unspecified atom stereocenters. The summed E-state index contributed by atoms with van der Waals surface area (Å²) in [7, 11) is 0. The number of esters is 3. The third kappa shape index (κ3) is 49.3. The predicted molar refractivity (Wildman–Crippen MR) is 274 cm³/mol. The molecule has 0 bridgehead atoms. The largest absolute Gasteiger partial charge is 0.462 e. The number of unbranched alkanes of at least 4 members (excludes halogenated alkanes) is 22. The Labute approximate surface area is 394 Å². The summed E-state index contributed by atoms with van der Waals surface area (Å²) in [5.41, 5.74) is 0. The Morgan fingerprint density at radius 1 is 0.328 bits per heavy atom. The quantitative estimate of drug-likeness (QED) is 0.0199. The molecule has 0 saturated heterocycles. The summed E-state index contributed by atoms with van der Waals surface area (Å²) in [5, 5.41) is 0. The molecule has 0 amide bonds. The van der Waals surface area contributed by atoms with Gasteiger partial charge in [-0.15, -0.1) is 0 Å². The summed E-state index contributed by atoms with van der Waals surface area (Å²) in [6, 6.07) is 0. The zero-order valence-electron chi connectivity index (χ0n) is 41.5. The standard InChI is InChI=1S/C58H96O6/c1-4-7-10-13-16-19-22-24-26-28-30-31-33-36-39-42-45-48-51-57(60)63-54-55(53-62-56(59)50-47-44-41-38-35-21-18-15-12-9-6-3)64-58(61)52-49-46-43-40-37-34-32-29-27-25-23-20-17-14-11-8-5-2/h15,18,21-22,24-28,30-32,34-35,40,43,55H,4-14,16-17,19-20,23,29,33,36-39,41-42,44-54H2,1-3H3/b18-15-,24-22-,27-25-,28-26-,31-30-,34-32-,35-21-,43-40-. The van der Waals surface area contributed by atoms with Crippen molar-refractivity contribution >= 4 is 17.9 Å². The molecule has 0 fully saturated rings. The van der Waals surface area contributed by atoms with Crippen molar-refractivity contribution in [1.29, 1.82) is 0 Å². The Morgan fingerprint density at radius 2 is 0.656 bits per heavy atom. The van der Waals surface area contributed by atoms with E-state index in [9.17, 15) is 14.4 Å². The first-order chi connectivity index (χ1) is 31.5. The fourth-order valence-electron chi connectivity index (χ4n) is 6.85. The van der Waals surface area contributed by atoms with Gasteiger partial charge in [0, 0.05) is 19.3 Å². The van der Waals surface area contributed by atoms with Crippen LogP contribution in [0.4, 0.5) is 0 Å². The van der Waals surface area contributed by atoms with Crippen LogP contribution < -0.4 is 0 Å². The molecule has 0 aliphatic carbocycles. The van der Waals surface area contributed by atoms with E-state index in [4.69, 9.17) is 14.2 Å². The van der Waals surface area contributed by atoms with Gasteiger partial charge in [-0.05, 0) is 96.3 Å². The lowest BCUT2D eigenvalue weighted by atomic mass is 10.1. The van der Waals surface area contributed by atoms with E-state index >= 15 is 0 Å². The second kappa shape index (κ2) is 52.0. The van der Waals surface area contributed by atoms with Gasteiger partial charge in [-0.3, -0.25) is 14.4 Å². The van der Waals surface area contributed by atoms with E-state index in [1.807, 2.05) is 0 Å². The number of allylic oxidation sites excluding steroid dienone is 16. The average molecular weight is 889 g/mol. The van der Waals surface area contributed by atoms with Gasteiger partial charge in [0.05, 0.1) is 0 Å². The maximum atomic E-state index is 12.8. The normalized spacial score (nSPS) is 12.9. The monoisotopic (exact) mass is 889 g/mol. The molecular weight excluding hydrogens is 793 g/mol. The van der Waals surface area contributed by atoms with Crippen LogP contribution in [0.25, 0.3) is 0 Å². The highest BCUT2D eigenvalue weighted by molar-refractivity contribution is 5.71. The third-order valence-electron chi connectivity index (χ3n) is 10.9. The molecule has 0 rings (SSSR count). The van der Waals surface area contributed by atoms with Crippen molar-refractivity contribution in [1.82, 2.24) is 0 Å². The van der Waals surface area contributed by atoms with Crippen LogP contribution in [0, 0.1) is 0 Å². The fourth-order valence-corrected chi connectivity index (χ4v) is 6.85. The second-order valence-corrected chi connectivity index (χ2v) is 17.2. The van der Waals surface area contributed by atoms with Crippen LogP contribution >= 0.6 is 0 Å². The average Bonchev–Trinajstić information content (AvgIpc) is 3.29. The van der Waals surface area contributed by atoms with Gasteiger partial charge in [-0.1, -0.05) is 214 Å². The van der Waals surface area contributed by atoms with Gasteiger partial charge in [0.2, 0.25) is 0 Å². The first-order valence-electron chi connectivity index (χ1n) is 26.3.